The van der Waals surface area contributed by atoms with E-state index in [0.717, 1.165) is 0 Å². The molecule has 4 rings (SSSR count). The topological polar surface area (TPSA) is 122 Å². The van der Waals surface area contributed by atoms with Gasteiger partial charge in [-0.3, -0.25) is 0 Å². The number of rotatable bonds is 8. The Morgan fingerprint density at radius 3 is 2.18 bits per heavy atom. The second-order valence-electron chi connectivity index (χ2n) is 8.17. The zero-order valence-electron chi connectivity index (χ0n) is 21.5. The molecule has 0 radical (unpaired) electrons. The van der Waals surface area contributed by atoms with Crippen molar-refractivity contribution >= 4 is 29.2 Å². The fourth-order valence-corrected chi connectivity index (χ4v) is 4.83. The molecule has 0 aliphatic carbocycles. The highest BCUT2D eigenvalue weighted by Crippen LogP contribution is 2.47. The smallest absolute Gasteiger partial charge is 0.343 e. The molecule has 202 valence electrons. The maximum Gasteiger partial charge on any atom is 0.343 e. The van der Waals surface area contributed by atoms with E-state index in [1.807, 2.05) is 0 Å². The van der Waals surface area contributed by atoms with Crippen molar-refractivity contribution in [2.75, 3.05) is 27.9 Å². The summed E-state index contributed by atoms with van der Waals surface area (Å²) in [5, 5.41) is 10.3. The van der Waals surface area contributed by atoms with Gasteiger partial charge in [-0.2, -0.15) is 5.26 Å². The fourth-order valence-electron chi connectivity index (χ4n) is 4.24. The molecule has 3 aromatic carbocycles. The Morgan fingerprint density at radius 2 is 1.64 bits per heavy atom. The van der Waals surface area contributed by atoms with E-state index in [0.29, 0.717) is 40.7 Å². The number of nitrogens with two attached hydrogens (primary N) is 1. The minimum absolute atomic E-state index is 0.0858. The number of carbonyl (C=O) groups is 1. The van der Waals surface area contributed by atoms with Gasteiger partial charge in [-0.1, -0.05) is 29.3 Å². The third-order valence-electron chi connectivity index (χ3n) is 5.94. The van der Waals surface area contributed by atoms with Crippen molar-refractivity contribution in [1.29, 1.82) is 5.26 Å². The van der Waals surface area contributed by atoms with Gasteiger partial charge in [-0.25, -0.2) is 4.79 Å². The predicted octanol–water partition coefficient (Wildman–Crippen LogP) is 5.86. The highest BCUT2D eigenvalue weighted by atomic mass is 35.5. The minimum atomic E-state index is -0.694. The monoisotopic (exact) mass is 570 g/mol. The summed E-state index contributed by atoms with van der Waals surface area (Å²) in [6.07, 6.45) is 0. The zero-order valence-corrected chi connectivity index (χ0v) is 23.0. The van der Waals surface area contributed by atoms with E-state index >= 15 is 0 Å². The molecule has 1 aliphatic heterocycles. The van der Waals surface area contributed by atoms with Crippen molar-refractivity contribution < 1.29 is 33.2 Å². The standard InChI is InChI=1S/C28H24Cl2N2O7/c1-5-37-25-19(29)8-15(9-20(25)30)28(33)38-16-6-7-17-21(12-16)39-27(32)18(13-31)24(17)14-10-22(34-2)26(36-4)23(11-14)35-3/h6-12,24H,5,32H2,1-4H3. The van der Waals surface area contributed by atoms with Gasteiger partial charge in [0, 0.05) is 11.6 Å². The van der Waals surface area contributed by atoms with Crippen molar-refractivity contribution in [3.05, 3.63) is 80.7 Å². The first-order valence-electron chi connectivity index (χ1n) is 11.6. The highest BCUT2D eigenvalue weighted by Gasteiger charge is 2.33. The molecule has 1 atom stereocenters. The van der Waals surface area contributed by atoms with Crippen LogP contribution in [0, 0.1) is 11.3 Å². The first-order valence-corrected chi connectivity index (χ1v) is 12.4. The average Bonchev–Trinajstić information content (AvgIpc) is 2.93. The van der Waals surface area contributed by atoms with Crippen LogP contribution >= 0.6 is 23.2 Å². The van der Waals surface area contributed by atoms with E-state index in [1.165, 1.54) is 39.5 Å². The summed E-state index contributed by atoms with van der Waals surface area (Å²) in [4.78, 5) is 12.9. The summed E-state index contributed by atoms with van der Waals surface area (Å²) >= 11 is 12.5. The van der Waals surface area contributed by atoms with E-state index in [2.05, 4.69) is 6.07 Å². The van der Waals surface area contributed by atoms with Gasteiger partial charge in [0.2, 0.25) is 11.6 Å². The number of esters is 1. The van der Waals surface area contributed by atoms with Gasteiger partial charge in [0.05, 0.1) is 49.5 Å². The van der Waals surface area contributed by atoms with Gasteiger partial charge < -0.3 is 34.2 Å². The largest absolute Gasteiger partial charge is 0.493 e. The number of benzene rings is 3. The van der Waals surface area contributed by atoms with Gasteiger partial charge >= 0.3 is 5.97 Å². The molecule has 0 amide bonds. The molecular weight excluding hydrogens is 547 g/mol. The molecule has 0 saturated carbocycles. The van der Waals surface area contributed by atoms with Crippen LogP contribution in [-0.2, 0) is 0 Å². The lowest BCUT2D eigenvalue weighted by atomic mass is 9.83. The van der Waals surface area contributed by atoms with Gasteiger partial charge in [-0.15, -0.1) is 0 Å². The molecule has 0 bridgehead atoms. The number of allylic oxidation sites excluding steroid dienone is 1. The van der Waals surface area contributed by atoms with Gasteiger partial charge in [0.25, 0.3) is 0 Å². The molecule has 1 heterocycles. The molecule has 1 aliphatic rings. The summed E-state index contributed by atoms with van der Waals surface area (Å²) in [7, 11) is 4.50. The second-order valence-corrected chi connectivity index (χ2v) is 8.99. The second kappa shape index (κ2) is 11.6. The predicted molar refractivity (Wildman–Crippen MR) is 144 cm³/mol. The third kappa shape index (κ3) is 5.35. The number of fused-ring (bicyclic) bond motifs is 1. The van der Waals surface area contributed by atoms with Gasteiger partial charge in [0.15, 0.2) is 17.2 Å². The van der Waals surface area contributed by atoms with Gasteiger partial charge in [0.1, 0.15) is 23.1 Å². The Morgan fingerprint density at radius 1 is 1.00 bits per heavy atom. The Hall–Kier alpha value is -4.26. The number of hydrogen-bond donors (Lipinski definition) is 1. The first-order chi connectivity index (χ1) is 18.8. The fraction of sp³-hybridized carbons (Fsp3) is 0.214. The van der Waals surface area contributed by atoms with Crippen LogP contribution in [-0.4, -0.2) is 33.9 Å². The molecular formula is C28H24Cl2N2O7. The lowest BCUT2D eigenvalue weighted by Gasteiger charge is -2.27. The van der Waals surface area contributed by atoms with Crippen LogP contribution in [0.2, 0.25) is 10.0 Å². The lowest BCUT2D eigenvalue weighted by Crippen LogP contribution is -2.21. The van der Waals surface area contributed by atoms with Crippen molar-refractivity contribution in [2.45, 2.75) is 12.8 Å². The van der Waals surface area contributed by atoms with E-state index in [1.54, 1.807) is 31.2 Å². The summed E-state index contributed by atoms with van der Waals surface area (Å²) in [6.45, 7) is 2.15. The van der Waals surface area contributed by atoms with Crippen molar-refractivity contribution in [1.82, 2.24) is 0 Å². The van der Waals surface area contributed by atoms with Crippen molar-refractivity contribution in [3.8, 4) is 40.6 Å². The van der Waals surface area contributed by atoms with Gasteiger partial charge in [-0.05, 0) is 42.8 Å². The van der Waals surface area contributed by atoms with Crippen molar-refractivity contribution in [2.24, 2.45) is 5.73 Å². The van der Waals surface area contributed by atoms with Crippen LogP contribution in [0.25, 0.3) is 0 Å². The Labute approximate surface area is 235 Å². The van der Waals surface area contributed by atoms with E-state index in [4.69, 9.17) is 57.4 Å². The SMILES string of the molecule is CCOc1c(Cl)cc(C(=O)Oc2ccc3c(c2)OC(N)=C(C#N)C3c2cc(OC)c(OC)c(OC)c2)cc1Cl. The molecule has 11 heteroatoms. The number of ether oxygens (including phenoxy) is 6. The Balaban J connectivity index is 1.72. The Kier molecular flexibility index (Phi) is 8.29. The highest BCUT2D eigenvalue weighted by molar-refractivity contribution is 6.37. The maximum atomic E-state index is 12.9. The summed E-state index contributed by atoms with van der Waals surface area (Å²) in [5.41, 5.74) is 7.73. The quantitative estimate of drug-likeness (QED) is 0.262. The molecule has 2 N–H and O–H groups in total. The van der Waals surface area contributed by atoms with E-state index in [9.17, 15) is 10.1 Å². The third-order valence-corrected chi connectivity index (χ3v) is 6.51. The van der Waals surface area contributed by atoms with Crippen LogP contribution in [0.4, 0.5) is 0 Å². The van der Waals surface area contributed by atoms with Crippen LogP contribution in [0.3, 0.4) is 0 Å². The summed E-state index contributed by atoms with van der Waals surface area (Å²) < 4.78 is 33.1. The molecule has 1 unspecified atom stereocenters. The molecule has 0 aromatic heterocycles. The van der Waals surface area contributed by atoms with Crippen molar-refractivity contribution in [3.63, 3.8) is 0 Å². The summed E-state index contributed by atoms with van der Waals surface area (Å²) in [6, 6.07) is 13.2. The molecule has 0 saturated heterocycles. The van der Waals surface area contributed by atoms with Crippen LogP contribution in [0.15, 0.2) is 53.9 Å². The summed E-state index contributed by atoms with van der Waals surface area (Å²) in [5.74, 6) is 0.590. The van der Waals surface area contributed by atoms with E-state index in [-0.39, 0.29) is 38.6 Å². The van der Waals surface area contributed by atoms with Crippen LogP contribution in [0.5, 0.6) is 34.5 Å². The molecule has 0 fully saturated rings. The number of methoxy groups -OCH3 is 3. The maximum absolute atomic E-state index is 12.9. The lowest BCUT2D eigenvalue weighted by molar-refractivity contribution is 0.0734. The molecule has 39 heavy (non-hydrogen) atoms. The zero-order chi connectivity index (χ0) is 28.3. The molecule has 0 spiro atoms. The minimum Gasteiger partial charge on any atom is -0.493 e. The van der Waals surface area contributed by atoms with Crippen LogP contribution in [0.1, 0.15) is 34.3 Å². The number of nitriles is 1. The average molecular weight is 571 g/mol. The normalized spacial score (nSPS) is 14.0. The number of hydrogen-bond acceptors (Lipinski definition) is 9. The number of carbonyl (C=O) groups excluding carboxylic acids is 1. The number of halogens is 2. The number of nitrogens with zero attached hydrogens (tertiary/aromatic N) is 1. The van der Waals surface area contributed by atoms with E-state index < -0.39 is 11.9 Å². The van der Waals surface area contributed by atoms with Crippen LogP contribution < -0.4 is 34.2 Å². The Bertz CT molecular complexity index is 1470. The first kappa shape index (κ1) is 27.8. The molecule has 3 aromatic rings. The molecule has 9 nitrogen and oxygen atoms in total.